The largest absolute Gasteiger partial charge is 0.303 e. The van der Waals surface area contributed by atoms with E-state index in [1.54, 1.807) is 6.92 Å². The molecule has 2 heterocycles. The third kappa shape index (κ3) is 5.79. The van der Waals surface area contributed by atoms with Crippen molar-refractivity contribution < 1.29 is 4.79 Å². The fourth-order valence-electron chi connectivity index (χ4n) is 5.18. The summed E-state index contributed by atoms with van der Waals surface area (Å²) in [7, 11) is 0. The number of carbonyl (C=O) groups is 1. The van der Waals surface area contributed by atoms with E-state index >= 15 is 0 Å². The molecule has 1 aliphatic carbocycles. The standard InChI is InChI=1S/C20H36N2O.C2H6/c1-3-18-13-20(14-18)15-22(16-20)19-8-11-21(12-9-19)10-6-4-5-7-17(2)23;1-2/h18-19H,3-16H2,1-2H3;1-2H3. The van der Waals surface area contributed by atoms with Gasteiger partial charge in [0.25, 0.3) is 0 Å². The SMILES string of the molecule is CC.CCC1CC2(C1)CN(C1CCN(CCCCCC(C)=O)CC1)C2. The Kier molecular flexibility index (Phi) is 8.41. The van der Waals surface area contributed by atoms with Gasteiger partial charge in [-0.1, -0.05) is 33.6 Å². The second-order valence-corrected chi connectivity index (χ2v) is 8.67. The maximum atomic E-state index is 10.9. The van der Waals surface area contributed by atoms with Crippen LogP contribution < -0.4 is 0 Å². The van der Waals surface area contributed by atoms with E-state index in [2.05, 4.69) is 16.7 Å². The number of likely N-dealkylation sites (tertiary alicyclic amines) is 2. The number of piperidine rings is 1. The lowest BCUT2D eigenvalue weighted by atomic mass is 9.56. The molecule has 3 nitrogen and oxygen atoms in total. The molecule has 0 N–H and O–H groups in total. The van der Waals surface area contributed by atoms with Gasteiger partial charge in [-0.05, 0) is 76.4 Å². The van der Waals surface area contributed by atoms with Crippen molar-refractivity contribution in [2.45, 2.75) is 91.5 Å². The summed E-state index contributed by atoms with van der Waals surface area (Å²) in [5.74, 6) is 1.39. The molecule has 0 aromatic carbocycles. The first-order chi connectivity index (χ1) is 12.1. The molecule has 0 unspecified atom stereocenters. The van der Waals surface area contributed by atoms with Gasteiger partial charge in [0.15, 0.2) is 0 Å². The molecular formula is C22H42N2O. The number of ketones is 1. The van der Waals surface area contributed by atoms with E-state index in [-0.39, 0.29) is 0 Å². The molecule has 1 saturated carbocycles. The summed E-state index contributed by atoms with van der Waals surface area (Å²) < 4.78 is 0. The van der Waals surface area contributed by atoms with E-state index < -0.39 is 0 Å². The van der Waals surface area contributed by atoms with E-state index in [0.29, 0.717) is 5.78 Å². The first-order valence-corrected chi connectivity index (χ1v) is 11.1. The van der Waals surface area contributed by atoms with Gasteiger partial charge in [0, 0.05) is 25.6 Å². The Labute approximate surface area is 156 Å². The molecule has 25 heavy (non-hydrogen) atoms. The Bertz CT molecular complexity index is 387. The summed E-state index contributed by atoms with van der Waals surface area (Å²) in [5.41, 5.74) is 0.758. The fraction of sp³-hybridized carbons (Fsp3) is 0.955. The van der Waals surface area contributed by atoms with E-state index in [4.69, 9.17) is 0 Å². The predicted molar refractivity (Wildman–Crippen MR) is 107 cm³/mol. The Morgan fingerprint density at radius 1 is 1.04 bits per heavy atom. The Balaban J connectivity index is 0.00000109. The third-order valence-electron chi connectivity index (χ3n) is 6.67. The monoisotopic (exact) mass is 350 g/mol. The van der Waals surface area contributed by atoms with Crippen LogP contribution in [0.1, 0.15) is 85.5 Å². The lowest BCUT2D eigenvalue weighted by Gasteiger charge is -2.62. The van der Waals surface area contributed by atoms with Crippen LogP contribution in [0.4, 0.5) is 0 Å². The first kappa shape index (κ1) is 20.9. The number of carbonyl (C=O) groups excluding carboxylic acids is 1. The number of rotatable bonds is 8. The van der Waals surface area contributed by atoms with Crippen molar-refractivity contribution in [2.24, 2.45) is 11.3 Å². The molecule has 146 valence electrons. The summed E-state index contributed by atoms with van der Waals surface area (Å²) in [6.45, 7) is 14.7. The number of nitrogens with zero attached hydrogens (tertiary/aromatic N) is 2. The van der Waals surface area contributed by atoms with Crippen LogP contribution in [-0.4, -0.2) is 54.3 Å². The predicted octanol–water partition coefficient (Wildman–Crippen LogP) is 4.75. The second-order valence-electron chi connectivity index (χ2n) is 8.67. The van der Waals surface area contributed by atoms with Gasteiger partial charge in [-0.25, -0.2) is 0 Å². The van der Waals surface area contributed by atoms with Gasteiger partial charge in [-0.15, -0.1) is 0 Å². The average Bonchev–Trinajstić information content (AvgIpc) is 2.55. The minimum Gasteiger partial charge on any atom is -0.303 e. The molecule has 0 bridgehead atoms. The molecular weight excluding hydrogens is 308 g/mol. The Hall–Kier alpha value is -0.410. The number of unbranched alkanes of at least 4 members (excludes halogenated alkanes) is 2. The molecule has 3 rings (SSSR count). The van der Waals surface area contributed by atoms with Crippen molar-refractivity contribution in [3.63, 3.8) is 0 Å². The maximum absolute atomic E-state index is 10.9. The van der Waals surface area contributed by atoms with Gasteiger partial charge in [-0.2, -0.15) is 0 Å². The van der Waals surface area contributed by atoms with E-state index in [1.165, 1.54) is 77.7 Å². The van der Waals surface area contributed by atoms with Gasteiger partial charge < -0.3 is 9.69 Å². The Morgan fingerprint density at radius 2 is 1.68 bits per heavy atom. The minimum atomic E-state index is 0.342. The van der Waals surface area contributed by atoms with Crippen molar-refractivity contribution in [2.75, 3.05) is 32.7 Å². The van der Waals surface area contributed by atoms with Gasteiger partial charge in [0.2, 0.25) is 0 Å². The molecule has 0 radical (unpaired) electrons. The molecule has 2 saturated heterocycles. The molecule has 0 aromatic rings. The lowest BCUT2D eigenvalue weighted by molar-refractivity contribution is -0.121. The zero-order valence-electron chi connectivity index (χ0n) is 17.4. The smallest absolute Gasteiger partial charge is 0.129 e. The highest BCUT2D eigenvalue weighted by atomic mass is 16.1. The van der Waals surface area contributed by atoms with Crippen LogP contribution in [0.5, 0.6) is 0 Å². The normalized spacial score (nSPS) is 24.3. The van der Waals surface area contributed by atoms with Crippen LogP contribution in [0, 0.1) is 11.3 Å². The zero-order valence-corrected chi connectivity index (χ0v) is 17.4. The molecule has 3 heteroatoms. The van der Waals surface area contributed by atoms with Crippen molar-refractivity contribution in [3.05, 3.63) is 0 Å². The van der Waals surface area contributed by atoms with Crippen LogP contribution >= 0.6 is 0 Å². The molecule has 3 fully saturated rings. The third-order valence-corrected chi connectivity index (χ3v) is 6.67. The van der Waals surface area contributed by atoms with Gasteiger partial charge in [0.1, 0.15) is 5.78 Å². The van der Waals surface area contributed by atoms with Crippen LogP contribution in [0.3, 0.4) is 0 Å². The lowest BCUT2D eigenvalue weighted by Crippen LogP contribution is -2.65. The number of hydrogen-bond acceptors (Lipinski definition) is 3. The minimum absolute atomic E-state index is 0.342. The molecule has 0 amide bonds. The highest BCUT2D eigenvalue weighted by Crippen LogP contribution is 2.53. The fourth-order valence-corrected chi connectivity index (χ4v) is 5.18. The summed E-state index contributed by atoms with van der Waals surface area (Å²) in [6.07, 6.45) is 11.5. The maximum Gasteiger partial charge on any atom is 0.129 e. The zero-order chi connectivity index (χ0) is 18.3. The number of Topliss-reactive ketones (excluding diaryl/α,β-unsaturated/α-hetero) is 1. The van der Waals surface area contributed by atoms with Crippen molar-refractivity contribution >= 4 is 5.78 Å². The highest BCUT2D eigenvalue weighted by molar-refractivity contribution is 5.75. The summed E-state index contributed by atoms with van der Waals surface area (Å²) in [6, 6.07) is 0.871. The average molecular weight is 351 g/mol. The summed E-state index contributed by atoms with van der Waals surface area (Å²) >= 11 is 0. The summed E-state index contributed by atoms with van der Waals surface area (Å²) in [5, 5.41) is 0. The van der Waals surface area contributed by atoms with Crippen molar-refractivity contribution in [1.82, 2.24) is 9.80 Å². The van der Waals surface area contributed by atoms with Gasteiger partial charge >= 0.3 is 0 Å². The van der Waals surface area contributed by atoms with Crippen molar-refractivity contribution in [1.29, 1.82) is 0 Å². The van der Waals surface area contributed by atoms with Gasteiger partial charge in [-0.3, -0.25) is 4.90 Å². The van der Waals surface area contributed by atoms with E-state index in [0.717, 1.165) is 30.2 Å². The number of hydrogen-bond donors (Lipinski definition) is 0. The van der Waals surface area contributed by atoms with E-state index in [1.807, 2.05) is 13.8 Å². The van der Waals surface area contributed by atoms with Crippen LogP contribution in [0.15, 0.2) is 0 Å². The van der Waals surface area contributed by atoms with Crippen LogP contribution in [-0.2, 0) is 4.79 Å². The Morgan fingerprint density at radius 3 is 2.24 bits per heavy atom. The van der Waals surface area contributed by atoms with Gasteiger partial charge in [0.05, 0.1) is 0 Å². The first-order valence-electron chi connectivity index (χ1n) is 11.1. The molecule has 0 aromatic heterocycles. The van der Waals surface area contributed by atoms with Crippen LogP contribution in [0.25, 0.3) is 0 Å². The molecule has 0 atom stereocenters. The van der Waals surface area contributed by atoms with Crippen LogP contribution in [0.2, 0.25) is 0 Å². The molecule has 3 aliphatic rings. The van der Waals surface area contributed by atoms with Crippen molar-refractivity contribution in [3.8, 4) is 0 Å². The quantitative estimate of drug-likeness (QED) is 0.590. The topological polar surface area (TPSA) is 23.6 Å². The molecule has 1 spiro atoms. The second kappa shape index (κ2) is 10.1. The molecule has 2 aliphatic heterocycles. The highest BCUT2D eigenvalue weighted by Gasteiger charge is 2.52. The summed E-state index contributed by atoms with van der Waals surface area (Å²) in [4.78, 5) is 16.4. The van der Waals surface area contributed by atoms with E-state index in [9.17, 15) is 4.79 Å².